The number of halogens is 1. The summed E-state index contributed by atoms with van der Waals surface area (Å²) in [6.07, 6.45) is 2.10. The Hall–Kier alpha value is -1.09. The zero-order chi connectivity index (χ0) is 9.76. The number of ether oxygens (including phenoxy) is 1. The van der Waals surface area contributed by atoms with E-state index >= 15 is 0 Å². The number of hydrogen-bond acceptors (Lipinski definition) is 2. The molecule has 1 fully saturated rings. The van der Waals surface area contributed by atoms with Gasteiger partial charge < -0.3 is 9.84 Å². The Bertz CT molecular complexity index is 397. The van der Waals surface area contributed by atoms with Crippen molar-refractivity contribution >= 4 is 0 Å². The van der Waals surface area contributed by atoms with Crippen LogP contribution in [0.15, 0.2) is 12.1 Å². The van der Waals surface area contributed by atoms with Gasteiger partial charge in [-0.1, -0.05) is 6.07 Å². The van der Waals surface area contributed by atoms with Crippen LogP contribution in [0.4, 0.5) is 4.39 Å². The fraction of sp³-hybridized carbons (Fsp3) is 0.455. The highest BCUT2D eigenvalue weighted by atomic mass is 19.1. The third-order valence-corrected chi connectivity index (χ3v) is 3.00. The molecule has 0 bridgehead atoms. The summed E-state index contributed by atoms with van der Waals surface area (Å²) < 4.78 is 18.9. The monoisotopic (exact) mass is 194 g/mol. The molecule has 3 heteroatoms. The molecule has 2 nitrogen and oxygen atoms in total. The van der Waals surface area contributed by atoms with Crippen molar-refractivity contribution in [3.05, 3.63) is 29.1 Å². The van der Waals surface area contributed by atoms with E-state index in [4.69, 9.17) is 4.74 Å². The highest BCUT2D eigenvalue weighted by molar-refractivity contribution is 5.49. The SMILES string of the molecule is OC1(c2c(F)ccc3c2OCC3)CC1. The molecule has 1 aromatic rings. The quantitative estimate of drug-likeness (QED) is 0.737. The Balaban J connectivity index is 2.21. The first-order chi connectivity index (χ1) is 6.71. The van der Waals surface area contributed by atoms with Gasteiger partial charge in [-0.05, 0) is 24.5 Å². The first-order valence-electron chi connectivity index (χ1n) is 4.88. The molecule has 1 saturated carbocycles. The Morgan fingerprint density at radius 1 is 1.36 bits per heavy atom. The zero-order valence-corrected chi connectivity index (χ0v) is 7.72. The van der Waals surface area contributed by atoms with Crippen LogP contribution in [-0.2, 0) is 12.0 Å². The van der Waals surface area contributed by atoms with E-state index in [0.29, 0.717) is 30.8 Å². The summed E-state index contributed by atoms with van der Waals surface area (Å²) in [6, 6.07) is 3.17. The van der Waals surface area contributed by atoms with Crippen LogP contribution in [0.3, 0.4) is 0 Å². The maximum absolute atomic E-state index is 13.5. The van der Waals surface area contributed by atoms with Crippen molar-refractivity contribution in [3.63, 3.8) is 0 Å². The van der Waals surface area contributed by atoms with Crippen LogP contribution in [0.2, 0.25) is 0 Å². The van der Waals surface area contributed by atoms with Gasteiger partial charge >= 0.3 is 0 Å². The summed E-state index contributed by atoms with van der Waals surface area (Å²) in [4.78, 5) is 0. The van der Waals surface area contributed by atoms with Crippen LogP contribution >= 0.6 is 0 Å². The molecule has 2 aliphatic rings. The van der Waals surface area contributed by atoms with Gasteiger partial charge in [0.25, 0.3) is 0 Å². The molecule has 74 valence electrons. The molecule has 14 heavy (non-hydrogen) atoms. The van der Waals surface area contributed by atoms with Gasteiger partial charge in [0.05, 0.1) is 17.8 Å². The molecule has 0 unspecified atom stereocenters. The van der Waals surface area contributed by atoms with Crippen LogP contribution in [0.1, 0.15) is 24.0 Å². The molecule has 3 rings (SSSR count). The molecule has 0 atom stereocenters. The predicted octanol–water partition coefficient (Wildman–Crippen LogP) is 1.74. The van der Waals surface area contributed by atoms with E-state index in [9.17, 15) is 9.50 Å². The number of fused-ring (bicyclic) bond motifs is 1. The van der Waals surface area contributed by atoms with E-state index in [1.807, 2.05) is 0 Å². The molecule has 0 aromatic heterocycles. The topological polar surface area (TPSA) is 29.5 Å². The minimum absolute atomic E-state index is 0.342. The lowest BCUT2D eigenvalue weighted by molar-refractivity contribution is 0.142. The zero-order valence-electron chi connectivity index (χ0n) is 7.72. The first kappa shape index (κ1) is 8.24. The van der Waals surface area contributed by atoms with Gasteiger partial charge in [0, 0.05) is 6.42 Å². The third kappa shape index (κ3) is 0.989. The van der Waals surface area contributed by atoms with E-state index in [0.717, 1.165) is 12.0 Å². The van der Waals surface area contributed by atoms with E-state index in [1.165, 1.54) is 6.07 Å². The molecule has 1 N–H and O–H groups in total. The third-order valence-electron chi connectivity index (χ3n) is 3.00. The Labute approximate surface area is 81.3 Å². The van der Waals surface area contributed by atoms with Gasteiger partial charge in [-0.2, -0.15) is 0 Å². The number of benzene rings is 1. The summed E-state index contributed by atoms with van der Waals surface area (Å²) >= 11 is 0. The van der Waals surface area contributed by atoms with E-state index in [2.05, 4.69) is 0 Å². The maximum Gasteiger partial charge on any atom is 0.133 e. The number of aliphatic hydroxyl groups is 1. The molecule has 0 saturated heterocycles. The smallest absolute Gasteiger partial charge is 0.133 e. The second-order valence-corrected chi connectivity index (χ2v) is 4.04. The highest BCUT2D eigenvalue weighted by Crippen LogP contribution is 2.51. The highest BCUT2D eigenvalue weighted by Gasteiger charge is 2.47. The van der Waals surface area contributed by atoms with Gasteiger partial charge in [-0.25, -0.2) is 4.39 Å². The van der Waals surface area contributed by atoms with Gasteiger partial charge in [-0.15, -0.1) is 0 Å². The van der Waals surface area contributed by atoms with Crippen molar-refractivity contribution < 1.29 is 14.2 Å². The molecule has 1 aliphatic carbocycles. The minimum Gasteiger partial charge on any atom is -0.492 e. The maximum atomic E-state index is 13.5. The van der Waals surface area contributed by atoms with E-state index < -0.39 is 5.60 Å². The summed E-state index contributed by atoms with van der Waals surface area (Å²) in [5.74, 6) is 0.246. The second kappa shape index (κ2) is 2.48. The van der Waals surface area contributed by atoms with Crippen LogP contribution in [0.5, 0.6) is 5.75 Å². The van der Waals surface area contributed by atoms with Crippen molar-refractivity contribution in [1.29, 1.82) is 0 Å². The van der Waals surface area contributed by atoms with Crippen LogP contribution in [-0.4, -0.2) is 11.7 Å². The summed E-state index contributed by atoms with van der Waals surface area (Å²) in [5, 5.41) is 9.93. The normalized spacial score (nSPS) is 21.6. The first-order valence-corrected chi connectivity index (χ1v) is 4.88. The molecule has 1 heterocycles. The van der Waals surface area contributed by atoms with Crippen molar-refractivity contribution in [2.45, 2.75) is 24.9 Å². The largest absolute Gasteiger partial charge is 0.492 e. The van der Waals surface area contributed by atoms with Crippen LogP contribution in [0.25, 0.3) is 0 Å². The van der Waals surface area contributed by atoms with Crippen molar-refractivity contribution in [3.8, 4) is 5.75 Å². The molecule has 0 amide bonds. The fourth-order valence-corrected chi connectivity index (χ4v) is 2.03. The number of hydrogen-bond donors (Lipinski definition) is 1. The summed E-state index contributed by atoms with van der Waals surface area (Å²) in [5.41, 5.74) is 0.453. The van der Waals surface area contributed by atoms with Gasteiger partial charge in [0.2, 0.25) is 0 Å². The van der Waals surface area contributed by atoms with E-state index in [-0.39, 0.29) is 5.82 Å². The second-order valence-electron chi connectivity index (χ2n) is 4.04. The molecule has 0 spiro atoms. The van der Waals surface area contributed by atoms with Gasteiger partial charge in [0.15, 0.2) is 0 Å². The van der Waals surface area contributed by atoms with Gasteiger partial charge in [-0.3, -0.25) is 0 Å². The molecule has 1 aliphatic heterocycles. The van der Waals surface area contributed by atoms with E-state index in [1.54, 1.807) is 6.07 Å². The van der Waals surface area contributed by atoms with Crippen LogP contribution < -0.4 is 4.74 Å². The van der Waals surface area contributed by atoms with Gasteiger partial charge in [0.1, 0.15) is 11.6 Å². The average Bonchev–Trinajstić information content (AvgIpc) is 2.74. The molecular weight excluding hydrogens is 183 g/mol. The van der Waals surface area contributed by atoms with Crippen molar-refractivity contribution in [1.82, 2.24) is 0 Å². The Kier molecular flexibility index (Phi) is 1.46. The summed E-state index contributed by atoms with van der Waals surface area (Å²) in [6.45, 7) is 0.599. The van der Waals surface area contributed by atoms with Crippen LogP contribution in [0, 0.1) is 5.82 Å². The number of rotatable bonds is 1. The lowest BCUT2D eigenvalue weighted by atomic mass is 10.0. The minimum atomic E-state index is -0.945. The molecule has 0 radical (unpaired) electrons. The lowest BCUT2D eigenvalue weighted by Crippen LogP contribution is -2.09. The average molecular weight is 194 g/mol. The Morgan fingerprint density at radius 2 is 2.14 bits per heavy atom. The fourth-order valence-electron chi connectivity index (χ4n) is 2.03. The Morgan fingerprint density at radius 3 is 2.86 bits per heavy atom. The molecule has 1 aromatic carbocycles. The van der Waals surface area contributed by atoms with Crippen molar-refractivity contribution in [2.75, 3.05) is 6.61 Å². The lowest BCUT2D eigenvalue weighted by Gasteiger charge is -2.13. The standard InChI is InChI=1S/C11H11FO2/c12-8-2-1-7-3-6-14-10(7)9(8)11(13)4-5-11/h1-2,13H,3-6H2. The predicted molar refractivity (Wildman–Crippen MR) is 48.7 cm³/mol. The van der Waals surface area contributed by atoms with Crippen molar-refractivity contribution in [2.24, 2.45) is 0 Å². The molecular formula is C11H11FO2. The summed E-state index contributed by atoms with van der Waals surface area (Å²) in [7, 11) is 0.